The van der Waals surface area contributed by atoms with Crippen molar-refractivity contribution >= 4 is 0 Å². The van der Waals surface area contributed by atoms with E-state index in [0.717, 1.165) is 25.2 Å². The summed E-state index contributed by atoms with van der Waals surface area (Å²) in [5, 5.41) is 0. The standard InChI is InChI=1S/C16H24O/c1-6-8-13-9-10-15(17-11-7-2)14(12-13)16(3,4)5/h6,9-10,12H,1,7-8,11H2,2-5H3. The van der Waals surface area contributed by atoms with Crippen LogP contribution in [0.15, 0.2) is 30.9 Å². The summed E-state index contributed by atoms with van der Waals surface area (Å²) in [6.07, 6.45) is 3.89. The minimum absolute atomic E-state index is 0.111. The van der Waals surface area contributed by atoms with E-state index in [9.17, 15) is 0 Å². The maximum absolute atomic E-state index is 5.82. The van der Waals surface area contributed by atoms with Crippen molar-refractivity contribution in [3.63, 3.8) is 0 Å². The van der Waals surface area contributed by atoms with Crippen LogP contribution in [0.25, 0.3) is 0 Å². The van der Waals surface area contributed by atoms with Gasteiger partial charge in [-0.3, -0.25) is 0 Å². The molecule has 1 heteroatoms. The number of ether oxygens (including phenoxy) is 1. The molecule has 1 aromatic rings. The van der Waals surface area contributed by atoms with Gasteiger partial charge in [-0.1, -0.05) is 45.9 Å². The molecule has 0 bridgehead atoms. The molecular weight excluding hydrogens is 208 g/mol. The fourth-order valence-corrected chi connectivity index (χ4v) is 1.79. The highest BCUT2D eigenvalue weighted by molar-refractivity contribution is 5.42. The van der Waals surface area contributed by atoms with Gasteiger partial charge < -0.3 is 4.74 Å². The molecule has 0 atom stereocenters. The molecule has 0 spiro atoms. The number of allylic oxidation sites excluding steroid dienone is 1. The Labute approximate surface area is 106 Å². The molecule has 0 aliphatic rings. The summed E-state index contributed by atoms with van der Waals surface area (Å²) in [7, 11) is 0. The Morgan fingerprint density at radius 3 is 2.53 bits per heavy atom. The quantitative estimate of drug-likeness (QED) is 0.679. The van der Waals surface area contributed by atoms with Crippen LogP contribution in [0.4, 0.5) is 0 Å². The highest BCUT2D eigenvalue weighted by atomic mass is 16.5. The van der Waals surface area contributed by atoms with Crippen LogP contribution in [0.5, 0.6) is 5.75 Å². The van der Waals surface area contributed by atoms with E-state index in [-0.39, 0.29) is 5.41 Å². The zero-order chi connectivity index (χ0) is 12.9. The SMILES string of the molecule is C=CCc1ccc(OCCC)c(C(C)(C)C)c1. The first-order chi connectivity index (χ1) is 7.99. The molecule has 0 amide bonds. The van der Waals surface area contributed by atoms with Gasteiger partial charge >= 0.3 is 0 Å². The number of rotatable bonds is 5. The van der Waals surface area contributed by atoms with E-state index in [2.05, 4.69) is 52.5 Å². The van der Waals surface area contributed by atoms with E-state index in [1.165, 1.54) is 11.1 Å². The Morgan fingerprint density at radius 2 is 2.00 bits per heavy atom. The average molecular weight is 232 g/mol. The Kier molecular flexibility index (Phi) is 4.80. The molecule has 94 valence electrons. The van der Waals surface area contributed by atoms with Crippen molar-refractivity contribution in [2.24, 2.45) is 0 Å². The van der Waals surface area contributed by atoms with Crippen molar-refractivity contribution < 1.29 is 4.74 Å². The molecule has 1 rings (SSSR count). The summed E-state index contributed by atoms with van der Waals surface area (Å²) in [4.78, 5) is 0. The molecule has 0 aliphatic heterocycles. The average Bonchev–Trinajstić information content (AvgIpc) is 2.26. The van der Waals surface area contributed by atoms with E-state index < -0.39 is 0 Å². The molecule has 17 heavy (non-hydrogen) atoms. The summed E-state index contributed by atoms with van der Waals surface area (Å²) in [6.45, 7) is 13.4. The monoisotopic (exact) mass is 232 g/mol. The lowest BCUT2D eigenvalue weighted by Crippen LogP contribution is -2.14. The molecule has 0 aromatic heterocycles. The lowest BCUT2D eigenvalue weighted by Gasteiger charge is -2.23. The number of hydrogen-bond donors (Lipinski definition) is 0. The van der Waals surface area contributed by atoms with Gasteiger partial charge in [0.1, 0.15) is 5.75 Å². The van der Waals surface area contributed by atoms with Gasteiger partial charge in [0, 0.05) is 0 Å². The van der Waals surface area contributed by atoms with Crippen molar-refractivity contribution in [2.75, 3.05) is 6.61 Å². The first kappa shape index (κ1) is 13.8. The molecule has 1 nitrogen and oxygen atoms in total. The van der Waals surface area contributed by atoms with Crippen molar-refractivity contribution in [3.05, 3.63) is 42.0 Å². The Bertz CT molecular complexity index is 372. The lowest BCUT2D eigenvalue weighted by molar-refractivity contribution is 0.308. The number of hydrogen-bond acceptors (Lipinski definition) is 1. The second-order valence-electron chi connectivity index (χ2n) is 5.42. The van der Waals surface area contributed by atoms with Crippen molar-refractivity contribution in [1.29, 1.82) is 0 Å². The molecular formula is C16H24O. The van der Waals surface area contributed by atoms with Crippen LogP contribution in [0.2, 0.25) is 0 Å². The van der Waals surface area contributed by atoms with Gasteiger partial charge in [-0.25, -0.2) is 0 Å². The number of benzene rings is 1. The van der Waals surface area contributed by atoms with Gasteiger partial charge in [-0.15, -0.1) is 6.58 Å². The minimum Gasteiger partial charge on any atom is -0.493 e. The maximum atomic E-state index is 5.82. The van der Waals surface area contributed by atoms with Crippen molar-refractivity contribution in [2.45, 2.75) is 46.0 Å². The van der Waals surface area contributed by atoms with Crippen LogP contribution in [-0.4, -0.2) is 6.61 Å². The van der Waals surface area contributed by atoms with Crippen molar-refractivity contribution in [3.8, 4) is 5.75 Å². The third-order valence-electron chi connectivity index (χ3n) is 2.69. The maximum Gasteiger partial charge on any atom is 0.123 e. The van der Waals surface area contributed by atoms with Crippen molar-refractivity contribution in [1.82, 2.24) is 0 Å². The van der Waals surface area contributed by atoms with Crippen LogP contribution in [0.3, 0.4) is 0 Å². The van der Waals surface area contributed by atoms with Crippen LogP contribution < -0.4 is 4.74 Å². The van der Waals surface area contributed by atoms with E-state index in [1.807, 2.05) is 6.08 Å². The zero-order valence-corrected chi connectivity index (χ0v) is 11.5. The molecule has 0 heterocycles. The summed E-state index contributed by atoms with van der Waals surface area (Å²) < 4.78 is 5.82. The lowest BCUT2D eigenvalue weighted by atomic mass is 9.85. The third kappa shape index (κ3) is 3.92. The van der Waals surface area contributed by atoms with Gasteiger partial charge in [0.15, 0.2) is 0 Å². The van der Waals surface area contributed by atoms with Gasteiger partial charge in [0.2, 0.25) is 0 Å². The fourth-order valence-electron chi connectivity index (χ4n) is 1.79. The summed E-state index contributed by atoms with van der Waals surface area (Å²) in [6, 6.07) is 6.46. The molecule has 0 aliphatic carbocycles. The van der Waals surface area contributed by atoms with Crippen LogP contribution in [0, 0.1) is 0 Å². The van der Waals surface area contributed by atoms with Gasteiger partial charge in [0.25, 0.3) is 0 Å². The second kappa shape index (κ2) is 5.90. The topological polar surface area (TPSA) is 9.23 Å². The first-order valence-electron chi connectivity index (χ1n) is 6.36. The first-order valence-corrected chi connectivity index (χ1v) is 6.36. The Hall–Kier alpha value is -1.24. The van der Waals surface area contributed by atoms with Crippen LogP contribution in [0.1, 0.15) is 45.2 Å². The summed E-state index contributed by atoms with van der Waals surface area (Å²) >= 11 is 0. The fraction of sp³-hybridized carbons (Fsp3) is 0.500. The van der Waals surface area contributed by atoms with E-state index in [0.29, 0.717) is 0 Å². The predicted molar refractivity (Wildman–Crippen MR) is 74.8 cm³/mol. The smallest absolute Gasteiger partial charge is 0.123 e. The Balaban J connectivity index is 3.07. The molecule has 0 N–H and O–H groups in total. The van der Waals surface area contributed by atoms with Gasteiger partial charge in [-0.2, -0.15) is 0 Å². The second-order valence-corrected chi connectivity index (χ2v) is 5.42. The highest BCUT2D eigenvalue weighted by Crippen LogP contribution is 2.32. The van der Waals surface area contributed by atoms with E-state index in [1.54, 1.807) is 0 Å². The predicted octanol–water partition coefficient (Wildman–Crippen LogP) is 4.50. The molecule has 0 saturated carbocycles. The zero-order valence-electron chi connectivity index (χ0n) is 11.5. The van der Waals surface area contributed by atoms with Crippen LogP contribution >= 0.6 is 0 Å². The third-order valence-corrected chi connectivity index (χ3v) is 2.69. The minimum atomic E-state index is 0.111. The molecule has 0 saturated heterocycles. The largest absolute Gasteiger partial charge is 0.493 e. The molecule has 1 aromatic carbocycles. The molecule has 0 radical (unpaired) electrons. The Morgan fingerprint density at radius 1 is 1.29 bits per heavy atom. The van der Waals surface area contributed by atoms with Gasteiger partial charge in [0.05, 0.1) is 6.61 Å². The van der Waals surface area contributed by atoms with Gasteiger partial charge in [-0.05, 0) is 35.4 Å². The highest BCUT2D eigenvalue weighted by Gasteiger charge is 2.19. The summed E-state index contributed by atoms with van der Waals surface area (Å²) in [5.74, 6) is 1.02. The van der Waals surface area contributed by atoms with Crippen LogP contribution in [-0.2, 0) is 11.8 Å². The molecule has 0 unspecified atom stereocenters. The normalized spacial score (nSPS) is 11.3. The van der Waals surface area contributed by atoms with E-state index >= 15 is 0 Å². The molecule has 0 fully saturated rings. The van der Waals surface area contributed by atoms with E-state index in [4.69, 9.17) is 4.74 Å². The summed E-state index contributed by atoms with van der Waals surface area (Å²) in [5.41, 5.74) is 2.69.